The summed E-state index contributed by atoms with van der Waals surface area (Å²) >= 11 is 1.70. The standard InChI is InChI=1S/C14H22N2OS/c1-10(2)11-4-6-12(7-5-11)16-14(17)13(15)8-9-18-3/h4-7,10,13H,8-9,15H2,1-3H3,(H,16,17)/t13-/m0/s1. The fourth-order valence-electron chi connectivity index (χ4n) is 1.56. The summed E-state index contributed by atoms with van der Waals surface area (Å²) in [5.41, 5.74) is 7.88. The van der Waals surface area contributed by atoms with Gasteiger partial charge >= 0.3 is 0 Å². The zero-order valence-corrected chi connectivity index (χ0v) is 12.1. The van der Waals surface area contributed by atoms with Gasteiger partial charge in [0.25, 0.3) is 0 Å². The summed E-state index contributed by atoms with van der Waals surface area (Å²) in [6, 6.07) is 7.49. The number of benzene rings is 1. The number of nitrogens with two attached hydrogens (primary N) is 1. The number of carbonyl (C=O) groups excluding carboxylic acids is 1. The van der Waals surface area contributed by atoms with Crippen molar-refractivity contribution in [3.8, 4) is 0 Å². The normalized spacial score (nSPS) is 12.5. The molecule has 3 N–H and O–H groups in total. The van der Waals surface area contributed by atoms with Gasteiger partial charge in [-0.2, -0.15) is 11.8 Å². The van der Waals surface area contributed by atoms with Crippen molar-refractivity contribution < 1.29 is 4.79 Å². The van der Waals surface area contributed by atoms with Gasteiger partial charge in [-0.15, -0.1) is 0 Å². The van der Waals surface area contributed by atoms with Crippen LogP contribution in [0.3, 0.4) is 0 Å². The molecule has 1 aromatic carbocycles. The molecule has 1 aromatic rings. The molecule has 1 rings (SSSR count). The second-order valence-electron chi connectivity index (χ2n) is 4.65. The highest BCUT2D eigenvalue weighted by molar-refractivity contribution is 7.98. The Balaban J connectivity index is 2.53. The van der Waals surface area contributed by atoms with E-state index in [1.54, 1.807) is 11.8 Å². The maximum atomic E-state index is 11.8. The van der Waals surface area contributed by atoms with Gasteiger partial charge in [0, 0.05) is 5.69 Å². The fraction of sp³-hybridized carbons (Fsp3) is 0.500. The van der Waals surface area contributed by atoms with E-state index >= 15 is 0 Å². The van der Waals surface area contributed by atoms with Crippen molar-refractivity contribution in [3.05, 3.63) is 29.8 Å². The Labute approximate surface area is 114 Å². The van der Waals surface area contributed by atoms with Gasteiger partial charge in [0.05, 0.1) is 6.04 Å². The molecular weight excluding hydrogens is 244 g/mol. The predicted octanol–water partition coefficient (Wildman–Crippen LogP) is 2.83. The molecule has 0 bridgehead atoms. The highest BCUT2D eigenvalue weighted by Crippen LogP contribution is 2.17. The maximum absolute atomic E-state index is 11.8. The fourth-order valence-corrected chi connectivity index (χ4v) is 2.05. The minimum Gasteiger partial charge on any atom is -0.325 e. The van der Waals surface area contributed by atoms with Crippen LogP contribution < -0.4 is 11.1 Å². The molecular formula is C14H22N2OS. The van der Waals surface area contributed by atoms with Crippen molar-refractivity contribution in [2.45, 2.75) is 32.2 Å². The number of hydrogen-bond acceptors (Lipinski definition) is 3. The Bertz CT molecular complexity index is 376. The second-order valence-corrected chi connectivity index (χ2v) is 5.64. The third-order valence-electron chi connectivity index (χ3n) is 2.81. The maximum Gasteiger partial charge on any atom is 0.241 e. The number of anilines is 1. The van der Waals surface area contributed by atoms with Crippen LogP contribution in [0, 0.1) is 0 Å². The number of hydrogen-bond donors (Lipinski definition) is 2. The zero-order chi connectivity index (χ0) is 13.5. The predicted molar refractivity (Wildman–Crippen MR) is 80.1 cm³/mol. The van der Waals surface area contributed by atoms with Crippen molar-refractivity contribution >= 4 is 23.4 Å². The minimum absolute atomic E-state index is 0.110. The van der Waals surface area contributed by atoms with Gasteiger partial charge < -0.3 is 11.1 Å². The minimum atomic E-state index is -0.428. The SMILES string of the molecule is CSCC[C@H](N)C(=O)Nc1ccc(C(C)C)cc1. The number of nitrogens with one attached hydrogen (secondary N) is 1. The molecule has 0 heterocycles. The molecule has 0 radical (unpaired) electrons. The summed E-state index contributed by atoms with van der Waals surface area (Å²) in [7, 11) is 0. The van der Waals surface area contributed by atoms with Gasteiger partial charge in [0.15, 0.2) is 0 Å². The van der Waals surface area contributed by atoms with E-state index in [4.69, 9.17) is 5.73 Å². The third kappa shape index (κ3) is 4.70. The van der Waals surface area contributed by atoms with Crippen LogP contribution in [0.4, 0.5) is 5.69 Å². The molecule has 0 saturated carbocycles. The number of carbonyl (C=O) groups is 1. The average Bonchev–Trinajstić information content (AvgIpc) is 2.36. The Morgan fingerprint density at radius 1 is 1.33 bits per heavy atom. The van der Waals surface area contributed by atoms with Crippen molar-refractivity contribution in [1.29, 1.82) is 0 Å². The van der Waals surface area contributed by atoms with Crippen LogP contribution in [0.1, 0.15) is 31.7 Å². The van der Waals surface area contributed by atoms with Crippen LogP contribution in [0.25, 0.3) is 0 Å². The topological polar surface area (TPSA) is 55.1 Å². The van der Waals surface area contributed by atoms with Crippen LogP contribution in [0.5, 0.6) is 0 Å². The van der Waals surface area contributed by atoms with E-state index in [0.29, 0.717) is 12.3 Å². The molecule has 0 aliphatic rings. The summed E-state index contributed by atoms with van der Waals surface area (Å²) in [4.78, 5) is 11.8. The van der Waals surface area contributed by atoms with E-state index in [0.717, 1.165) is 11.4 Å². The highest BCUT2D eigenvalue weighted by Gasteiger charge is 2.12. The van der Waals surface area contributed by atoms with Crippen molar-refractivity contribution in [3.63, 3.8) is 0 Å². The Morgan fingerprint density at radius 3 is 2.44 bits per heavy atom. The zero-order valence-electron chi connectivity index (χ0n) is 11.3. The quantitative estimate of drug-likeness (QED) is 0.832. The smallest absolute Gasteiger partial charge is 0.241 e. The van der Waals surface area contributed by atoms with Crippen molar-refractivity contribution in [2.24, 2.45) is 5.73 Å². The highest BCUT2D eigenvalue weighted by atomic mass is 32.2. The van der Waals surface area contributed by atoms with Gasteiger partial charge in [-0.05, 0) is 42.0 Å². The molecule has 0 spiro atoms. The van der Waals surface area contributed by atoms with Crippen LogP contribution >= 0.6 is 11.8 Å². The molecule has 18 heavy (non-hydrogen) atoms. The number of rotatable bonds is 6. The van der Waals surface area contributed by atoms with E-state index in [1.807, 2.05) is 30.5 Å². The van der Waals surface area contributed by atoms with E-state index < -0.39 is 6.04 Å². The lowest BCUT2D eigenvalue weighted by molar-refractivity contribution is -0.117. The van der Waals surface area contributed by atoms with E-state index in [9.17, 15) is 4.79 Å². The first-order valence-electron chi connectivity index (χ1n) is 6.20. The lowest BCUT2D eigenvalue weighted by Crippen LogP contribution is -2.36. The Hall–Kier alpha value is -1.00. The van der Waals surface area contributed by atoms with Crippen LogP contribution in [-0.2, 0) is 4.79 Å². The van der Waals surface area contributed by atoms with Crippen LogP contribution in [0.15, 0.2) is 24.3 Å². The van der Waals surface area contributed by atoms with E-state index in [2.05, 4.69) is 19.2 Å². The summed E-state index contributed by atoms with van der Waals surface area (Å²) in [5.74, 6) is 1.29. The summed E-state index contributed by atoms with van der Waals surface area (Å²) in [6.45, 7) is 4.29. The van der Waals surface area contributed by atoms with E-state index in [1.165, 1.54) is 5.56 Å². The van der Waals surface area contributed by atoms with Gasteiger partial charge in [0.1, 0.15) is 0 Å². The molecule has 0 unspecified atom stereocenters. The van der Waals surface area contributed by atoms with Crippen molar-refractivity contribution in [1.82, 2.24) is 0 Å². The number of amides is 1. The van der Waals surface area contributed by atoms with Gasteiger partial charge in [-0.3, -0.25) is 4.79 Å². The molecule has 3 nitrogen and oxygen atoms in total. The second kappa shape index (κ2) is 7.44. The Kier molecular flexibility index (Phi) is 6.22. The summed E-state index contributed by atoms with van der Waals surface area (Å²) < 4.78 is 0. The lowest BCUT2D eigenvalue weighted by Gasteiger charge is -2.12. The molecule has 0 saturated heterocycles. The average molecular weight is 266 g/mol. The molecule has 0 fully saturated rings. The molecule has 1 amide bonds. The first-order chi connectivity index (χ1) is 8.54. The lowest BCUT2D eigenvalue weighted by atomic mass is 10.0. The molecule has 0 aromatic heterocycles. The number of thioether (sulfide) groups is 1. The van der Waals surface area contributed by atoms with Gasteiger partial charge in [0.2, 0.25) is 5.91 Å². The summed E-state index contributed by atoms with van der Waals surface area (Å²) in [5, 5.41) is 2.84. The van der Waals surface area contributed by atoms with Gasteiger partial charge in [-0.1, -0.05) is 26.0 Å². The molecule has 4 heteroatoms. The molecule has 1 atom stereocenters. The first-order valence-corrected chi connectivity index (χ1v) is 7.59. The monoisotopic (exact) mass is 266 g/mol. The van der Waals surface area contributed by atoms with Crippen LogP contribution in [-0.4, -0.2) is 24.0 Å². The summed E-state index contributed by atoms with van der Waals surface area (Å²) in [6.07, 6.45) is 2.71. The Morgan fingerprint density at radius 2 is 1.94 bits per heavy atom. The first kappa shape index (κ1) is 15.1. The third-order valence-corrected chi connectivity index (χ3v) is 3.46. The molecule has 0 aliphatic heterocycles. The molecule has 0 aliphatic carbocycles. The van der Waals surface area contributed by atoms with Crippen LogP contribution in [0.2, 0.25) is 0 Å². The largest absolute Gasteiger partial charge is 0.325 e. The van der Waals surface area contributed by atoms with E-state index in [-0.39, 0.29) is 5.91 Å². The molecule has 100 valence electrons. The van der Waals surface area contributed by atoms with Gasteiger partial charge in [-0.25, -0.2) is 0 Å². The van der Waals surface area contributed by atoms with Crippen molar-refractivity contribution in [2.75, 3.05) is 17.3 Å².